The van der Waals surface area contributed by atoms with Gasteiger partial charge in [0.25, 0.3) is 0 Å². The van der Waals surface area contributed by atoms with Crippen molar-refractivity contribution >= 4 is 11.9 Å². The van der Waals surface area contributed by atoms with E-state index in [0.717, 1.165) is 0 Å². The molecular weight excluding hydrogens is 364 g/mol. The van der Waals surface area contributed by atoms with Gasteiger partial charge in [-0.2, -0.15) is 0 Å². The van der Waals surface area contributed by atoms with Gasteiger partial charge < -0.3 is 23.7 Å². The van der Waals surface area contributed by atoms with Gasteiger partial charge in [-0.3, -0.25) is 9.59 Å². The van der Waals surface area contributed by atoms with Crippen LogP contribution < -0.4 is 0 Å². The lowest BCUT2D eigenvalue weighted by Gasteiger charge is -2.48. The number of hydrogen-bond acceptors (Lipinski definition) is 7. The van der Waals surface area contributed by atoms with Crippen molar-refractivity contribution < 1.29 is 33.3 Å². The van der Waals surface area contributed by atoms with Gasteiger partial charge in [-0.05, 0) is 25.7 Å². The van der Waals surface area contributed by atoms with Crippen LogP contribution in [-0.2, 0) is 33.3 Å². The van der Waals surface area contributed by atoms with Crippen molar-refractivity contribution in [3.63, 3.8) is 0 Å². The molecule has 0 aliphatic carbocycles. The molecule has 0 radical (unpaired) electrons. The number of ether oxygens (including phenoxy) is 5. The van der Waals surface area contributed by atoms with Crippen LogP contribution in [0.2, 0.25) is 0 Å². The molecule has 2 heterocycles. The van der Waals surface area contributed by atoms with Gasteiger partial charge in [-0.15, -0.1) is 0 Å². The minimum Gasteiger partial charge on any atom is -0.463 e. The first-order valence-electron chi connectivity index (χ1n) is 10.3. The lowest BCUT2D eigenvalue weighted by molar-refractivity contribution is -0.309. The molecule has 2 rings (SSSR count). The van der Waals surface area contributed by atoms with Crippen molar-refractivity contribution in [1.29, 1.82) is 0 Å². The Morgan fingerprint density at radius 2 is 1.39 bits per heavy atom. The minimum absolute atomic E-state index is 0.00260. The van der Waals surface area contributed by atoms with Crippen LogP contribution in [0.25, 0.3) is 0 Å². The Kier molecular flexibility index (Phi) is 7.88. The summed E-state index contributed by atoms with van der Waals surface area (Å²) < 4.78 is 29.4. The highest BCUT2D eigenvalue weighted by atomic mass is 16.7. The summed E-state index contributed by atoms with van der Waals surface area (Å²) >= 11 is 0. The van der Waals surface area contributed by atoms with Gasteiger partial charge in [0.1, 0.15) is 18.8 Å². The number of esters is 2. The van der Waals surface area contributed by atoms with Crippen LogP contribution in [0.4, 0.5) is 0 Å². The quantitative estimate of drug-likeness (QED) is 0.656. The molecule has 7 nitrogen and oxygen atoms in total. The second-order valence-corrected chi connectivity index (χ2v) is 8.50. The average molecular weight is 401 g/mol. The first-order chi connectivity index (χ1) is 13.0. The van der Waals surface area contributed by atoms with Gasteiger partial charge in [0, 0.05) is 25.7 Å². The van der Waals surface area contributed by atoms with E-state index in [1.54, 1.807) is 0 Å². The molecule has 0 N–H and O–H groups in total. The zero-order valence-corrected chi connectivity index (χ0v) is 18.3. The van der Waals surface area contributed by atoms with Crippen molar-refractivity contribution in [3.05, 3.63) is 0 Å². The van der Waals surface area contributed by atoms with E-state index >= 15 is 0 Å². The highest BCUT2D eigenvalue weighted by molar-refractivity contribution is 5.66. The molecule has 0 aromatic carbocycles. The topological polar surface area (TPSA) is 80.3 Å². The fourth-order valence-electron chi connectivity index (χ4n) is 4.11. The fraction of sp³-hybridized carbons (Fsp3) is 0.905. The van der Waals surface area contributed by atoms with Gasteiger partial charge >= 0.3 is 11.9 Å². The number of hydrogen-bond donors (Lipinski definition) is 0. The van der Waals surface area contributed by atoms with Crippen molar-refractivity contribution in [2.75, 3.05) is 6.61 Å². The fourth-order valence-corrected chi connectivity index (χ4v) is 4.11. The summed E-state index contributed by atoms with van der Waals surface area (Å²) in [5.41, 5.74) is 0. The van der Waals surface area contributed by atoms with Crippen molar-refractivity contribution in [2.24, 2.45) is 23.7 Å². The van der Waals surface area contributed by atoms with Crippen LogP contribution in [0, 0.1) is 23.7 Å². The molecule has 0 aromatic heterocycles. The zero-order valence-electron chi connectivity index (χ0n) is 18.3. The Bertz CT molecular complexity index is 551. The van der Waals surface area contributed by atoms with E-state index < -0.39 is 18.5 Å². The number of rotatable bonds is 5. The molecule has 0 amide bonds. The molecule has 2 saturated heterocycles. The standard InChI is InChI=1S/C21H36O7/c1-10-11(2)18(9-24-16(7)22)27-21(12(10)3)28-20-15(6)25-14(5)13(4)19(20)26-17(8)23/h10-15,18-21H,9H2,1-8H3/t10-,11-,12?,13?,14-,15?,18?,19-,20+,21-/m0/s1. The van der Waals surface area contributed by atoms with Crippen molar-refractivity contribution in [2.45, 2.75) is 92.2 Å². The Labute approximate surface area is 168 Å². The summed E-state index contributed by atoms with van der Waals surface area (Å²) in [7, 11) is 0. The van der Waals surface area contributed by atoms with Crippen molar-refractivity contribution in [3.8, 4) is 0 Å². The Morgan fingerprint density at radius 3 is 1.96 bits per heavy atom. The van der Waals surface area contributed by atoms with E-state index in [2.05, 4.69) is 20.8 Å². The second kappa shape index (κ2) is 9.55. The van der Waals surface area contributed by atoms with E-state index in [4.69, 9.17) is 23.7 Å². The average Bonchev–Trinajstić information content (AvgIpc) is 2.61. The van der Waals surface area contributed by atoms with E-state index in [1.165, 1.54) is 13.8 Å². The molecule has 2 aliphatic rings. The molecular formula is C21H36O7. The summed E-state index contributed by atoms with van der Waals surface area (Å²) in [4.78, 5) is 22.9. The first kappa shape index (κ1) is 23.1. The summed E-state index contributed by atoms with van der Waals surface area (Å²) in [6, 6.07) is 0. The summed E-state index contributed by atoms with van der Waals surface area (Å²) in [5, 5.41) is 0. The normalized spacial score (nSPS) is 44.0. The zero-order chi connectivity index (χ0) is 21.2. The third-order valence-corrected chi connectivity index (χ3v) is 6.50. The molecule has 7 heteroatoms. The van der Waals surface area contributed by atoms with Crippen LogP contribution in [0.1, 0.15) is 55.4 Å². The second-order valence-electron chi connectivity index (χ2n) is 8.50. The Hall–Kier alpha value is -1.18. The van der Waals surface area contributed by atoms with Gasteiger partial charge in [-0.1, -0.05) is 27.7 Å². The molecule has 10 atom stereocenters. The molecule has 4 unspecified atom stereocenters. The lowest BCUT2D eigenvalue weighted by Crippen LogP contribution is -2.57. The van der Waals surface area contributed by atoms with Crippen molar-refractivity contribution in [1.82, 2.24) is 0 Å². The van der Waals surface area contributed by atoms with Gasteiger partial charge in [-0.25, -0.2) is 0 Å². The molecule has 0 spiro atoms. The lowest BCUT2D eigenvalue weighted by atomic mass is 9.79. The molecule has 2 aliphatic heterocycles. The maximum absolute atomic E-state index is 11.7. The number of carbonyl (C=O) groups is 2. The maximum atomic E-state index is 11.7. The van der Waals surface area contributed by atoms with E-state index in [-0.39, 0.29) is 54.6 Å². The Morgan fingerprint density at radius 1 is 0.750 bits per heavy atom. The van der Waals surface area contributed by atoms with E-state index in [0.29, 0.717) is 5.92 Å². The van der Waals surface area contributed by atoms with Crippen LogP contribution in [0.15, 0.2) is 0 Å². The molecule has 0 aromatic rings. The third kappa shape index (κ3) is 5.24. The minimum atomic E-state index is -0.499. The molecule has 0 bridgehead atoms. The highest BCUT2D eigenvalue weighted by Crippen LogP contribution is 2.38. The van der Waals surface area contributed by atoms with Gasteiger partial charge in [0.15, 0.2) is 6.29 Å². The predicted molar refractivity (Wildman–Crippen MR) is 102 cm³/mol. The largest absolute Gasteiger partial charge is 0.463 e. The molecule has 28 heavy (non-hydrogen) atoms. The molecule has 2 fully saturated rings. The summed E-state index contributed by atoms with van der Waals surface area (Å²) in [6.45, 7) is 15.3. The molecule has 0 saturated carbocycles. The number of carbonyl (C=O) groups excluding carboxylic acids is 2. The first-order valence-corrected chi connectivity index (χ1v) is 10.3. The SMILES string of the molecule is CC(=O)OCC1O[C@@H](O[C@@H]2C(C)O[C@@H](C)C(C)[C@@H]2OC(C)=O)C(C)[C@@H](C)[C@@H]1C. The van der Waals surface area contributed by atoms with E-state index in [9.17, 15) is 9.59 Å². The summed E-state index contributed by atoms with van der Waals surface area (Å²) in [5.74, 6) is -0.00801. The van der Waals surface area contributed by atoms with Crippen LogP contribution >= 0.6 is 0 Å². The van der Waals surface area contributed by atoms with Gasteiger partial charge in [0.2, 0.25) is 0 Å². The van der Waals surface area contributed by atoms with E-state index in [1.807, 2.05) is 20.8 Å². The van der Waals surface area contributed by atoms with Crippen LogP contribution in [0.5, 0.6) is 0 Å². The molecule has 162 valence electrons. The maximum Gasteiger partial charge on any atom is 0.303 e. The van der Waals surface area contributed by atoms with Crippen LogP contribution in [0.3, 0.4) is 0 Å². The summed E-state index contributed by atoms with van der Waals surface area (Å²) in [6.07, 6.45) is -1.87. The third-order valence-electron chi connectivity index (χ3n) is 6.50. The predicted octanol–water partition coefficient (Wildman–Crippen LogP) is 2.94. The monoisotopic (exact) mass is 400 g/mol. The highest BCUT2D eigenvalue weighted by Gasteiger charge is 2.47. The van der Waals surface area contributed by atoms with Crippen LogP contribution in [-0.4, -0.2) is 55.4 Å². The Balaban J connectivity index is 2.16. The van der Waals surface area contributed by atoms with Gasteiger partial charge in [0.05, 0.1) is 18.3 Å². The smallest absolute Gasteiger partial charge is 0.303 e.